The van der Waals surface area contributed by atoms with Gasteiger partial charge in [-0.2, -0.15) is 0 Å². The van der Waals surface area contributed by atoms with Crippen LogP contribution in [0.25, 0.3) is 11.4 Å². The molecule has 27 heavy (non-hydrogen) atoms. The highest BCUT2D eigenvalue weighted by molar-refractivity contribution is 5.88. The lowest BCUT2D eigenvalue weighted by molar-refractivity contribution is -0.143. The van der Waals surface area contributed by atoms with Crippen LogP contribution in [0, 0.1) is 6.92 Å². The summed E-state index contributed by atoms with van der Waals surface area (Å²) >= 11 is 0. The minimum absolute atomic E-state index is 0.111. The van der Waals surface area contributed by atoms with E-state index >= 15 is 0 Å². The maximum atomic E-state index is 13.0. The third-order valence-electron chi connectivity index (χ3n) is 3.86. The van der Waals surface area contributed by atoms with E-state index in [1.807, 2.05) is 45.0 Å². The molecule has 1 aromatic heterocycles. The lowest BCUT2D eigenvalue weighted by Crippen LogP contribution is -2.35. The van der Waals surface area contributed by atoms with Crippen molar-refractivity contribution < 1.29 is 19.0 Å². The molecule has 0 N–H and O–H groups in total. The molecule has 0 bridgehead atoms. The number of esters is 1. The second kappa shape index (κ2) is 9.99. The summed E-state index contributed by atoms with van der Waals surface area (Å²) < 4.78 is 17.5. The summed E-state index contributed by atoms with van der Waals surface area (Å²) in [4.78, 5) is 29.5. The molecule has 0 fully saturated rings. The van der Waals surface area contributed by atoms with Gasteiger partial charge in [0, 0.05) is 25.0 Å². The first-order valence-corrected chi connectivity index (χ1v) is 9.08. The van der Waals surface area contributed by atoms with Crippen LogP contribution >= 0.6 is 0 Å². The van der Waals surface area contributed by atoms with Crippen LogP contribution in [0.3, 0.4) is 0 Å². The molecule has 2 rings (SSSR count). The fourth-order valence-corrected chi connectivity index (χ4v) is 2.70. The number of carbonyl (C=O) groups excluding carboxylic acids is 1. The lowest BCUT2D eigenvalue weighted by atomic mass is 10.1. The van der Waals surface area contributed by atoms with Gasteiger partial charge in [0.1, 0.15) is 11.4 Å². The highest BCUT2D eigenvalue weighted by atomic mass is 16.7. The smallest absolute Gasteiger partial charge is 0.345 e. The van der Waals surface area contributed by atoms with E-state index in [9.17, 15) is 9.59 Å². The topological polar surface area (TPSA) is 79.7 Å². The Hall–Kier alpha value is -2.51. The van der Waals surface area contributed by atoms with Crippen LogP contribution in [0.4, 0.5) is 0 Å². The van der Waals surface area contributed by atoms with Crippen molar-refractivity contribution in [3.8, 4) is 11.4 Å². The maximum absolute atomic E-state index is 13.0. The number of hydrogen-bond acceptors (Lipinski definition) is 6. The van der Waals surface area contributed by atoms with Gasteiger partial charge in [0.05, 0.1) is 13.2 Å². The van der Waals surface area contributed by atoms with Crippen molar-refractivity contribution >= 4 is 5.97 Å². The van der Waals surface area contributed by atoms with E-state index in [-0.39, 0.29) is 18.7 Å². The summed E-state index contributed by atoms with van der Waals surface area (Å²) in [7, 11) is 0. The second-order valence-corrected chi connectivity index (χ2v) is 5.84. The highest BCUT2D eigenvalue weighted by Crippen LogP contribution is 2.18. The Labute approximate surface area is 158 Å². The van der Waals surface area contributed by atoms with Crippen molar-refractivity contribution in [2.75, 3.05) is 19.8 Å². The van der Waals surface area contributed by atoms with Crippen molar-refractivity contribution in [2.45, 2.75) is 40.5 Å². The van der Waals surface area contributed by atoms with Crippen molar-refractivity contribution in [1.82, 2.24) is 9.55 Å². The zero-order valence-corrected chi connectivity index (χ0v) is 16.2. The standard InChI is InChI=1S/C20H26N2O5/c1-5-25-17(26-6-2)13-22-18(15-10-8-9-14(4)11-15)21-12-16(19(22)23)20(24)27-7-3/h8-12,17H,5-7,13H2,1-4H3. The molecule has 146 valence electrons. The van der Waals surface area contributed by atoms with Crippen molar-refractivity contribution in [2.24, 2.45) is 0 Å². The second-order valence-electron chi connectivity index (χ2n) is 5.84. The van der Waals surface area contributed by atoms with Crippen molar-refractivity contribution in [1.29, 1.82) is 0 Å². The molecule has 2 aromatic rings. The van der Waals surface area contributed by atoms with Crippen molar-refractivity contribution in [3.63, 3.8) is 0 Å². The molecule has 7 heteroatoms. The van der Waals surface area contributed by atoms with E-state index in [0.29, 0.717) is 19.0 Å². The van der Waals surface area contributed by atoms with E-state index in [4.69, 9.17) is 14.2 Å². The number of aromatic nitrogens is 2. The number of ether oxygens (including phenoxy) is 3. The van der Waals surface area contributed by atoms with Crippen LogP contribution in [-0.2, 0) is 20.8 Å². The normalized spacial score (nSPS) is 11.0. The number of benzene rings is 1. The molecule has 0 aliphatic heterocycles. The monoisotopic (exact) mass is 374 g/mol. The Morgan fingerprint density at radius 2 is 1.85 bits per heavy atom. The molecular formula is C20H26N2O5. The first-order chi connectivity index (χ1) is 13.0. The molecule has 1 aromatic carbocycles. The fourth-order valence-electron chi connectivity index (χ4n) is 2.70. The van der Waals surface area contributed by atoms with Gasteiger partial charge >= 0.3 is 5.97 Å². The molecular weight excluding hydrogens is 348 g/mol. The largest absolute Gasteiger partial charge is 0.462 e. The molecule has 0 unspecified atom stereocenters. The average molecular weight is 374 g/mol. The molecule has 0 saturated carbocycles. The van der Waals surface area contributed by atoms with Crippen LogP contribution in [0.15, 0.2) is 35.3 Å². The summed E-state index contributed by atoms with van der Waals surface area (Å²) in [5.41, 5.74) is 1.22. The number of hydrogen-bond donors (Lipinski definition) is 0. The summed E-state index contributed by atoms with van der Waals surface area (Å²) in [6.45, 7) is 8.51. The fraction of sp³-hybridized carbons (Fsp3) is 0.450. The van der Waals surface area contributed by atoms with Gasteiger partial charge in [-0.3, -0.25) is 9.36 Å². The molecule has 1 heterocycles. The predicted molar refractivity (Wildman–Crippen MR) is 102 cm³/mol. The van der Waals surface area contributed by atoms with Crippen LogP contribution in [0.2, 0.25) is 0 Å². The average Bonchev–Trinajstić information content (AvgIpc) is 2.63. The summed E-state index contributed by atoms with van der Waals surface area (Å²) in [6, 6.07) is 7.65. The Kier molecular flexibility index (Phi) is 7.69. The van der Waals surface area contributed by atoms with E-state index in [1.165, 1.54) is 10.8 Å². The Morgan fingerprint density at radius 1 is 1.15 bits per heavy atom. The first kappa shape index (κ1) is 20.8. The van der Waals surface area contributed by atoms with E-state index in [2.05, 4.69) is 4.98 Å². The first-order valence-electron chi connectivity index (χ1n) is 9.08. The van der Waals surface area contributed by atoms with Gasteiger partial charge in [0.2, 0.25) is 0 Å². The molecule has 0 radical (unpaired) electrons. The summed E-state index contributed by atoms with van der Waals surface area (Å²) in [5, 5.41) is 0. The zero-order chi connectivity index (χ0) is 19.8. The minimum Gasteiger partial charge on any atom is -0.462 e. The van der Waals surface area contributed by atoms with Crippen molar-refractivity contribution in [3.05, 3.63) is 51.9 Å². The van der Waals surface area contributed by atoms with E-state index in [0.717, 1.165) is 11.1 Å². The van der Waals surface area contributed by atoms with Crippen LogP contribution in [-0.4, -0.2) is 41.6 Å². The molecule has 0 spiro atoms. The van der Waals surface area contributed by atoms with Gasteiger partial charge in [-0.25, -0.2) is 9.78 Å². The van der Waals surface area contributed by atoms with Gasteiger partial charge in [-0.05, 0) is 33.8 Å². The van der Waals surface area contributed by atoms with Gasteiger partial charge in [0.25, 0.3) is 5.56 Å². The Balaban J connectivity index is 2.57. The predicted octanol–water partition coefficient (Wildman–Crippen LogP) is 2.79. The molecule has 0 saturated heterocycles. The van der Waals surface area contributed by atoms with Crippen LogP contribution in [0.1, 0.15) is 36.7 Å². The Bertz CT molecular complexity index is 825. The molecule has 0 amide bonds. The Morgan fingerprint density at radius 3 is 2.44 bits per heavy atom. The third kappa shape index (κ3) is 5.24. The number of carbonyl (C=O) groups is 1. The lowest BCUT2D eigenvalue weighted by Gasteiger charge is -2.20. The quantitative estimate of drug-likeness (QED) is 0.496. The van der Waals surface area contributed by atoms with E-state index < -0.39 is 17.8 Å². The number of rotatable bonds is 9. The molecule has 0 aliphatic rings. The summed E-state index contributed by atoms with van der Waals surface area (Å²) in [5.74, 6) is -0.245. The maximum Gasteiger partial charge on any atom is 0.345 e. The van der Waals surface area contributed by atoms with Crippen LogP contribution in [0.5, 0.6) is 0 Å². The van der Waals surface area contributed by atoms with Gasteiger partial charge in [-0.1, -0.05) is 23.8 Å². The summed E-state index contributed by atoms with van der Waals surface area (Å²) in [6.07, 6.45) is 0.644. The molecule has 0 aliphatic carbocycles. The van der Waals surface area contributed by atoms with Gasteiger partial charge in [0.15, 0.2) is 6.29 Å². The van der Waals surface area contributed by atoms with Crippen LogP contribution < -0.4 is 5.56 Å². The van der Waals surface area contributed by atoms with Gasteiger partial charge in [-0.15, -0.1) is 0 Å². The highest BCUT2D eigenvalue weighted by Gasteiger charge is 2.21. The third-order valence-corrected chi connectivity index (χ3v) is 3.86. The number of nitrogens with zero attached hydrogens (tertiary/aromatic N) is 2. The van der Waals surface area contributed by atoms with E-state index in [1.54, 1.807) is 6.92 Å². The molecule has 0 atom stereocenters. The zero-order valence-electron chi connectivity index (χ0n) is 16.2. The SMILES string of the molecule is CCOC(=O)c1cnc(-c2cccc(C)c2)n(CC(OCC)OCC)c1=O. The van der Waals surface area contributed by atoms with Gasteiger partial charge < -0.3 is 14.2 Å². The molecule has 7 nitrogen and oxygen atoms in total. The minimum atomic E-state index is -0.691. The number of aryl methyl sites for hydroxylation is 1.